The lowest BCUT2D eigenvalue weighted by Crippen LogP contribution is -2.51. The van der Waals surface area contributed by atoms with E-state index < -0.39 is 0 Å². The number of carbonyl (C=O) groups is 2. The molecule has 0 spiro atoms. The van der Waals surface area contributed by atoms with Gasteiger partial charge in [-0.3, -0.25) is 14.6 Å². The third kappa shape index (κ3) is 6.63. The molecule has 3 amide bonds. The van der Waals surface area contributed by atoms with Crippen molar-refractivity contribution in [1.29, 1.82) is 0 Å². The Morgan fingerprint density at radius 2 is 1.72 bits per heavy atom. The summed E-state index contributed by atoms with van der Waals surface area (Å²) < 4.78 is 5.08. The minimum Gasteiger partial charge on any atom is -0.383 e. The van der Waals surface area contributed by atoms with Crippen LogP contribution >= 0.6 is 0 Å². The molecule has 9 nitrogen and oxygen atoms in total. The second-order valence-electron chi connectivity index (χ2n) is 8.97. The lowest BCUT2D eigenvalue weighted by molar-refractivity contribution is -0.127. The zero-order valence-electron chi connectivity index (χ0n) is 21.5. The van der Waals surface area contributed by atoms with Gasteiger partial charge in [-0.1, -0.05) is 36.9 Å². The number of ether oxygens (including phenoxy) is 1. The van der Waals surface area contributed by atoms with E-state index in [0.717, 1.165) is 42.4 Å². The zero-order chi connectivity index (χ0) is 26.1. The van der Waals surface area contributed by atoms with Crippen LogP contribution in [0.25, 0.3) is 0 Å². The highest BCUT2D eigenvalue weighted by Gasteiger charge is 2.30. The molecule has 1 aliphatic rings. The largest absolute Gasteiger partial charge is 0.383 e. The van der Waals surface area contributed by atoms with Crippen molar-refractivity contribution in [2.24, 2.45) is 5.84 Å². The highest BCUT2D eigenvalue weighted by Crippen LogP contribution is 2.26. The van der Waals surface area contributed by atoms with Crippen LogP contribution in [0, 0.1) is 0 Å². The Morgan fingerprint density at radius 1 is 1.08 bits per heavy atom. The SMILES string of the molecule is C=CN(C(=O)N(N)c1ccc(N2CCN(C(C(=O)NCCOC)c3ccccc3)CC2)cc1)C(C)C. The maximum atomic E-state index is 13.1. The average molecular weight is 495 g/mol. The van der Waals surface area contributed by atoms with Crippen molar-refractivity contribution in [2.75, 3.05) is 56.3 Å². The zero-order valence-corrected chi connectivity index (χ0v) is 21.5. The molecule has 1 heterocycles. The van der Waals surface area contributed by atoms with Crippen molar-refractivity contribution in [2.45, 2.75) is 25.9 Å². The normalized spacial score (nSPS) is 14.9. The molecule has 0 aromatic heterocycles. The number of nitrogens with two attached hydrogens (primary N) is 1. The number of methoxy groups -OCH3 is 1. The van der Waals surface area contributed by atoms with Crippen molar-refractivity contribution >= 4 is 23.3 Å². The quantitative estimate of drug-likeness (QED) is 0.228. The molecule has 1 saturated heterocycles. The molecule has 194 valence electrons. The second kappa shape index (κ2) is 13.1. The fourth-order valence-electron chi connectivity index (χ4n) is 4.34. The van der Waals surface area contributed by atoms with E-state index >= 15 is 0 Å². The topological polar surface area (TPSA) is 94.4 Å². The van der Waals surface area contributed by atoms with Gasteiger partial charge in [0, 0.05) is 57.8 Å². The van der Waals surface area contributed by atoms with E-state index in [9.17, 15) is 9.59 Å². The average Bonchev–Trinajstić information content (AvgIpc) is 2.90. The first kappa shape index (κ1) is 27.2. The van der Waals surface area contributed by atoms with Crippen molar-refractivity contribution < 1.29 is 14.3 Å². The van der Waals surface area contributed by atoms with Crippen molar-refractivity contribution in [3.05, 3.63) is 72.9 Å². The Kier molecular flexibility index (Phi) is 9.86. The number of hydrogen-bond donors (Lipinski definition) is 2. The fraction of sp³-hybridized carbons (Fsp3) is 0.407. The number of hydrazine groups is 1. The van der Waals surface area contributed by atoms with Crippen LogP contribution in [0.4, 0.5) is 16.2 Å². The Hall–Kier alpha value is -3.40. The first-order chi connectivity index (χ1) is 17.4. The van der Waals surface area contributed by atoms with E-state index in [1.807, 2.05) is 68.4 Å². The highest BCUT2D eigenvalue weighted by molar-refractivity contribution is 5.91. The molecule has 0 aliphatic carbocycles. The standard InChI is InChI=1S/C27H38N6O3/c1-5-32(21(2)3)27(35)33(28)24-13-11-23(12-14-24)30-16-18-31(19-17-30)25(22-9-7-6-8-10-22)26(34)29-15-20-36-4/h5-14,21,25H,1,15-20,28H2,2-4H3,(H,29,34). The number of piperazine rings is 1. The van der Waals surface area contributed by atoms with Crippen LogP contribution in [0.5, 0.6) is 0 Å². The van der Waals surface area contributed by atoms with Crippen LogP contribution in [-0.4, -0.2) is 74.2 Å². The van der Waals surface area contributed by atoms with Gasteiger partial charge in [-0.2, -0.15) is 0 Å². The third-order valence-electron chi connectivity index (χ3n) is 6.32. The summed E-state index contributed by atoms with van der Waals surface area (Å²) in [7, 11) is 1.62. The molecular formula is C27H38N6O3. The molecule has 36 heavy (non-hydrogen) atoms. The van der Waals surface area contributed by atoms with Crippen LogP contribution < -0.4 is 21.1 Å². The molecule has 9 heteroatoms. The molecule has 3 rings (SSSR count). The van der Waals surface area contributed by atoms with E-state index in [0.29, 0.717) is 18.8 Å². The molecule has 2 aromatic carbocycles. The number of carbonyl (C=O) groups excluding carboxylic acids is 2. The van der Waals surface area contributed by atoms with E-state index in [1.165, 1.54) is 11.1 Å². The van der Waals surface area contributed by atoms with Gasteiger partial charge in [-0.05, 0) is 43.7 Å². The van der Waals surface area contributed by atoms with Crippen molar-refractivity contribution in [3.8, 4) is 0 Å². The third-order valence-corrected chi connectivity index (χ3v) is 6.32. The Bertz CT molecular complexity index is 990. The van der Waals surface area contributed by atoms with Crippen LogP contribution in [0.1, 0.15) is 25.5 Å². The first-order valence-corrected chi connectivity index (χ1v) is 12.3. The van der Waals surface area contributed by atoms with Crippen LogP contribution in [0.15, 0.2) is 67.4 Å². The minimum absolute atomic E-state index is 0.0151. The van der Waals surface area contributed by atoms with Gasteiger partial charge in [-0.25, -0.2) is 15.6 Å². The van der Waals surface area contributed by atoms with E-state index in [2.05, 4.69) is 21.7 Å². The van der Waals surface area contributed by atoms with Crippen LogP contribution in [0.2, 0.25) is 0 Å². The minimum atomic E-state index is -0.349. The summed E-state index contributed by atoms with van der Waals surface area (Å²) in [6.07, 6.45) is 1.49. The number of rotatable bonds is 10. The molecule has 0 radical (unpaired) electrons. The van der Waals surface area contributed by atoms with Crippen LogP contribution in [-0.2, 0) is 9.53 Å². The van der Waals surface area contributed by atoms with Gasteiger partial charge in [0.2, 0.25) is 5.91 Å². The monoisotopic (exact) mass is 494 g/mol. The predicted molar refractivity (Wildman–Crippen MR) is 144 cm³/mol. The number of anilines is 2. The Morgan fingerprint density at radius 3 is 2.28 bits per heavy atom. The molecule has 1 atom stereocenters. The molecule has 1 fully saturated rings. The number of nitrogens with one attached hydrogen (secondary N) is 1. The summed E-state index contributed by atoms with van der Waals surface area (Å²) in [4.78, 5) is 31.7. The lowest BCUT2D eigenvalue weighted by atomic mass is 10.0. The van der Waals surface area contributed by atoms with Gasteiger partial charge in [0.15, 0.2) is 0 Å². The van der Waals surface area contributed by atoms with E-state index in [1.54, 1.807) is 7.11 Å². The maximum absolute atomic E-state index is 13.1. The summed E-state index contributed by atoms with van der Waals surface area (Å²) in [6.45, 7) is 11.5. The van der Waals surface area contributed by atoms with Gasteiger partial charge >= 0.3 is 6.03 Å². The number of benzene rings is 2. The number of nitrogens with zero attached hydrogens (tertiary/aromatic N) is 4. The lowest BCUT2D eigenvalue weighted by Gasteiger charge is -2.40. The van der Waals surface area contributed by atoms with E-state index in [4.69, 9.17) is 10.6 Å². The number of amides is 3. The predicted octanol–water partition coefficient (Wildman–Crippen LogP) is 2.97. The molecule has 0 saturated carbocycles. The summed E-state index contributed by atoms with van der Waals surface area (Å²) in [5.41, 5.74) is 2.63. The van der Waals surface area contributed by atoms with Crippen LogP contribution in [0.3, 0.4) is 0 Å². The van der Waals surface area contributed by atoms with Gasteiger partial charge in [0.05, 0.1) is 12.3 Å². The highest BCUT2D eigenvalue weighted by atomic mass is 16.5. The van der Waals surface area contributed by atoms with Gasteiger partial charge in [-0.15, -0.1) is 0 Å². The summed E-state index contributed by atoms with van der Waals surface area (Å²) in [6, 6.07) is 16.8. The fourth-order valence-corrected chi connectivity index (χ4v) is 4.34. The smallest absolute Gasteiger partial charge is 0.343 e. The first-order valence-electron chi connectivity index (χ1n) is 12.3. The second-order valence-corrected chi connectivity index (χ2v) is 8.97. The summed E-state index contributed by atoms with van der Waals surface area (Å²) in [5, 5.41) is 4.13. The summed E-state index contributed by atoms with van der Waals surface area (Å²) in [5.74, 6) is 6.07. The number of hydrogen-bond acceptors (Lipinski definition) is 6. The summed E-state index contributed by atoms with van der Waals surface area (Å²) >= 11 is 0. The molecule has 1 aliphatic heterocycles. The van der Waals surface area contributed by atoms with Crippen molar-refractivity contribution in [1.82, 2.24) is 15.1 Å². The van der Waals surface area contributed by atoms with Crippen molar-refractivity contribution in [3.63, 3.8) is 0 Å². The Labute approximate surface area is 214 Å². The van der Waals surface area contributed by atoms with E-state index in [-0.39, 0.29) is 24.0 Å². The van der Waals surface area contributed by atoms with Gasteiger partial charge < -0.3 is 15.0 Å². The maximum Gasteiger partial charge on any atom is 0.343 e. The number of urea groups is 1. The van der Waals surface area contributed by atoms with Gasteiger partial charge in [0.25, 0.3) is 0 Å². The molecule has 3 N–H and O–H groups in total. The molecule has 0 bridgehead atoms. The Balaban J connectivity index is 1.65. The van der Waals surface area contributed by atoms with Gasteiger partial charge in [0.1, 0.15) is 6.04 Å². The molecule has 2 aromatic rings. The molecular weight excluding hydrogens is 456 g/mol. The molecule has 1 unspecified atom stereocenters.